The molecule has 0 spiro atoms. The van der Waals surface area contributed by atoms with Crippen LogP contribution in [0.3, 0.4) is 0 Å². The average molecular weight is 523 g/mol. The molecule has 1 aliphatic rings. The SMILES string of the molecule is c1ccc(-c2cc(-c3ccccc3)cc(N3c4ccccc4-c4nc(-c5ccccc5)cc5cccc3c45)c2)cc1. The molecule has 7 aromatic rings. The molecule has 8 rings (SSSR count). The van der Waals surface area contributed by atoms with E-state index in [0.29, 0.717) is 0 Å². The quantitative estimate of drug-likeness (QED) is 0.228. The maximum absolute atomic E-state index is 5.27. The number of anilines is 3. The number of hydrogen-bond acceptors (Lipinski definition) is 2. The first-order valence-electron chi connectivity index (χ1n) is 14.0. The first kappa shape index (κ1) is 23.4. The smallest absolute Gasteiger partial charge is 0.0830 e. The fraction of sp³-hybridized carbons (Fsp3) is 0. The van der Waals surface area contributed by atoms with Crippen molar-refractivity contribution in [2.45, 2.75) is 0 Å². The van der Waals surface area contributed by atoms with E-state index in [0.717, 1.165) is 39.6 Å². The molecule has 2 heterocycles. The zero-order valence-corrected chi connectivity index (χ0v) is 22.4. The highest BCUT2D eigenvalue weighted by atomic mass is 15.2. The largest absolute Gasteiger partial charge is 0.309 e. The van der Waals surface area contributed by atoms with Crippen LogP contribution < -0.4 is 4.90 Å². The molecule has 41 heavy (non-hydrogen) atoms. The highest BCUT2D eigenvalue weighted by molar-refractivity contribution is 6.13. The lowest BCUT2D eigenvalue weighted by Gasteiger charge is -2.33. The van der Waals surface area contributed by atoms with Gasteiger partial charge in [-0.3, -0.25) is 0 Å². The number of rotatable bonds is 4. The fourth-order valence-corrected chi connectivity index (χ4v) is 6.04. The van der Waals surface area contributed by atoms with Gasteiger partial charge in [-0.05, 0) is 64.0 Å². The maximum Gasteiger partial charge on any atom is 0.0830 e. The third kappa shape index (κ3) is 4.00. The van der Waals surface area contributed by atoms with Crippen LogP contribution in [0.25, 0.3) is 55.5 Å². The zero-order valence-electron chi connectivity index (χ0n) is 22.4. The monoisotopic (exact) mass is 522 g/mol. The van der Waals surface area contributed by atoms with Crippen molar-refractivity contribution >= 4 is 27.8 Å². The molecule has 1 aliphatic heterocycles. The lowest BCUT2D eigenvalue weighted by molar-refractivity contribution is 1.25. The third-order valence-electron chi connectivity index (χ3n) is 7.94. The first-order chi connectivity index (χ1) is 20.3. The Labute approximate surface area is 239 Å². The highest BCUT2D eigenvalue weighted by Crippen LogP contribution is 2.51. The molecule has 0 radical (unpaired) electrons. The summed E-state index contributed by atoms with van der Waals surface area (Å²) in [7, 11) is 0. The predicted molar refractivity (Wildman–Crippen MR) is 172 cm³/mol. The number of fused-ring (bicyclic) bond motifs is 2. The van der Waals surface area contributed by atoms with Crippen molar-refractivity contribution < 1.29 is 0 Å². The molecule has 0 bridgehead atoms. The van der Waals surface area contributed by atoms with Gasteiger partial charge in [-0.15, -0.1) is 0 Å². The minimum Gasteiger partial charge on any atom is -0.309 e. The van der Waals surface area contributed by atoms with Crippen LogP contribution >= 0.6 is 0 Å². The topological polar surface area (TPSA) is 16.1 Å². The summed E-state index contributed by atoms with van der Waals surface area (Å²) in [6, 6.07) is 56.1. The highest BCUT2D eigenvalue weighted by Gasteiger charge is 2.28. The molecule has 0 N–H and O–H groups in total. The molecule has 0 amide bonds. The molecule has 6 aromatic carbocycles. The summed E-state index contributed by atoms with van der Waals surface area (Å²) in [6.45, 7) is 0. The molecule has 0 saturated heterocycles. The van der Waals surface area contributed by atoms with E-state index >= 15 is 0 Å². The molecule has 2 nitrogen and oxygen atoms in total. The lowest BCUT2D eigenvalue weighted by Crippen LogP contribution is -2.16. The summed E-state index contributed by atoms with van der Waals surface area (Å²) >= 11 is 0. The van der Waals surface area contributed by atoms with Gasteiger partial charge in [0.05, 0.1) is 22.8 Å². The lowest BCUT2D eigenvalue weighted by atomic mass is 9.92. The molecule has 2 heteroatoms. The van der Waals surface area contributed by atoms with Gasteiger partial charge in [0.2, 0.25) is 0 Å². The number of nitrogens with zero attached hydrogens (tertiary/aromatic N) is 2. The molecule has 192 valence electrons. The van der Waals surface area contributed by atoms with Crippen LogP contribution in [0, 0.1) is 0 Å². The summed E-state index contributed by atoms with van der Waals surface area (Å²) in [5.74, 6) is 0. The van der Waals surface area contributed by atoms with Crippen molar-refractivity contribution in [2.24, 2.45) is 0 Å². The zero-order chi connectivity index (χ0) is 27.2. The molecule has 0 unspecified atom stereocenters. The normalized spacial score (nSPS) is 11.9. The van der Waals surface area contributed by atoms with Gasteiger partial charge in [0, 0.05) is 22.2 Å². The Morgan fingerprint density at radius 1 is 0.415 bits per heavy atom. The van der Waals surface area contributed by atoms with Crippen LogP contribution in [-0.2, 0) is 0 Å². The molecule has 0 aliphatic carbocycles. The minimum atomic E-state index is 0.992. The van der Waals surface area contributed by atoms with Crippen LogP contribution in [0.1, 0.15) is 0 Å². The summed E-state index contributed by atoms with van der Waals surface area (Å²) in [4.78, 5) is 7.68. The van der Waals surface area contributed by atoms with Gasteiger partial charge in [-0.2, -0.15) is 0 Å². The first-order valence-corrected chi connectivity index (χ1v) is 14.0. The second-order valence-electron chi connectivity index (χ2n) is 10.5. The van der Waals surface area contributed by atoms with Gasteiger partial charge < -0.3 is 4.90 Å². The molecule has 0 saturated carbocycles. The second kappa shape index (κ2) is 9.62. The van der Waals surface area contributed by atoms with Crippen molar-refractivity contribution in [3.63, 3.8) is 0 Å². The van der Waals surface area contributed by atoms with E-state index in [1.165, 1.54) is 33.0 Å². The summed E-state index contributed by atoms with van der Waals surface area (Å²) in [6.07, 6.45) is 0. The number of pyridine rings is 1. The van der Waals surface area contributed by atoms with E-state index in [4.69, 9.17) is 4.98 Å². The number of benzene rings is 6. The molecule has 0 fully saturated rings. The number of hydrogen-bond donors (Lipinski definition) is 0. The molecule has 0 atom stereocenters. The van der Waals surface area contributed by atoms with E-state index in [-0.39, 0.29) is 0 Å². The Morgan fingerprint density at radius 2 is 0.976 bits per heavy atom. The molecular weight excluding hydrogens is 496 g/mol. The summed E-state index contributed by atoms with van der Waals surface area (Å²) in [5, 5.41) is 2.37. The second-order valence-corrected chi connectivity index (χ2v) is 10.5. The van der Waals surface area contributed by atoms with Crippen molar-refractivity contribution in [1.29, 1.82) is 0 Å². The van der Waals surface area contributed by atoms with Crippen molar-refractivity contribution in [3.8, 4) is 44.8 Å². The maximum atomic E-state index is 5.27. The van der Waals surface area contributed by atoms with E-state index in [1.807, 2.05) is 6.07 Å². The van der Waals surface area contributed by atoms with Crippen LogP contribution in [0.2, 0.25) is 0 Å². The standard InChI is InChI=1S/C39H26N2/c1-4-13-27(14-5-1)31-23-32(28-15-6-2-7-16-28)25-33(24-31)41-36-21-11-10-20-34(36)39-38-30(19-12-22-37(38)41)26-35(40-39)29-17-8-3-9-18-29/h1-26H. The summed E-state index contributed by atoms with van der Waals surface area (Å²) < 4.78 is 0. The van der Waals surface area contributed by atoms with Crippen LogP contribution in [0.15, 0.2) is 158 Å². The van der Waals surface area contributed by atoms with Crippen LogP contribution in [-0.4, -0.2) is 4.98 Å². The van der Waals surface area contributed by atoms with Crippen LogP contribution in [0.5, 0.6) is 0 Å². The van der Waals surface area contributed by atoms with E-state index in [9.17, 15) is 0 Å². The number of para-hydroxylation sites is 1. The van der Waals surface area contributed by atoms with Gasteiger partial charge in [0.1, 0.15) is 0 Å². The third-order valence-corrected chi connectivity index (χ3v) is 7.94. The van der Waals surface area contributed by atoms with Gasteiger partial charge >= 0.3 is 0 Å². The molecular formula is C39H26N2. The van der Waals surface area contributed by atoms with Crippen LogP contribution in [0.4, 0.5) is 17.1 Å². The van der Waals surface area contributed by atoms with Crippen molar-refractivity contribution in [2.75, 3.05) is 4.90 Å². The fourth-order valence-electron chi connectivity index (χ4n) is 6.04. The Hall–Kier alpha value is -5.47. The number of aromatic nitrogens is 1. The Morgan fingerprint density at radius 3 is 1.63 bits per heavy atom. The van der Waals surface area contributed by atoms with Crippen molar-refractivity contribution in [1.82, 2.24) is 4.98 Å². The Bertz CT molecular complexity index is 1970. The van der Waals surface area contributed by atoms with Crippen molar-refractivity contribution in [3.05, 3.63) is 158 Å². The Balaban J connectivity index is 1.41. The van der Waals surface area contributed by atoms with Gasteiger partial charge in [0.15, 0.2) is 0 Å². The average Bonchev–Trinajstić information content (AvgIpc) is 3.06. The van der Waals surface area contributed by atoms with Gasteiger partial charge in [-0.1, -0.05) is 121 Å². The van der Waals surface area contributed by atoms with E-state index in [2.05, 4.69) is 157 Å². The van der Waals surface area contributed by atoms with E-state index in [1.54, 1.807) is 0 Å². The van der Waals surface area contributed by atoms with Gasteiger partial charge in [-0.25, -0.2) is 4.98 Å². The predicted octanol–water partition coefficient (Wildman–Crippen LogP) is 10.7. The summed E-state index contributed by atoms with van der Waals surface area (Å²) in [5.41, 5.74) is 12.5. The Kier molecular flexibility index (Phi) is 5.49. The van der Waals surface area contributed by atoms with E-state index < -0.39 is 0 Å². The minimum absolute atomic E-state index is 0.992. The van der Waals surface area contributed by atoms with Gasteiger partial charge in [0.25, 0.3) is 0 Å². The molecule has 1 aromatic heterocycles.